The lowest BCUT2D eigenvalue weighted by Crippen LogP contribution is -2.22. The highest BCUT2D eigenvalue weighted by molar-refractivity contribution is 5.85. The number of fused-ring (bicyclic) bond motifs is 1. The van der Waals surface area contributed by atoms with Gasteiger partial charge in [0.05, 0.1) is 5.52 Å². The Balaban J connectivity index is 2.32. The average Bonchev–Trinajstić information content (AvgIpc) is 2.80. The van der Waals surface area contributed by atoms with Crippen LogP contribution in [0.3, 0.4) is 0 Å². The van der Waals surface area contributed by atoms with E-state index >= 15 is 0 Å². The van der Waals surface area contributed by atoms with Crippen LogP contribution in [0.4, 0.5) is 0 Å². The fraction of sp³-hybridized carbons (Fsp3) is 0.0526. The van der Waals surface area contributed by atoms with Crippen LogP contribution < -0.4 is 10.4 Å². The first-order valence-electron chi connectivity index (χ1n) is 6.69. The highest BCUT2D eigenvalue weighted by Crippen LogP contribution is 2.23. The highest BCUT2D eigenvalue weighted by Gasteiger charge is 2.05. The number of benzene rings is 2. The molecule has 0 unspecified atom stereocenters. The van der Waals surface area contributed by atoms with Crippen molar-refractivity contribution >= 4 is 23.6 Å². The Hall–Kier alpha value is -2.54. The van der Waals surface area contributed by atoms with E-state index in [4.69, 9.17) is 0 Å². The lowest BCUT2D eigenvalue weighted by atomic mass is 10.2. The van der Waals surface area contributed by atoms with Gasteiger partial charge in [-0.2, -0.15) is 0 Å². The van der Waals surface area contributed by atoms with Crippen molar-refractivity contribution in [1.29, 1.82) is 0 Å². The molecule has 0 aliphatic carbocycles. The monoisotopic (exact) mass is 259 g/mol. The largest absolute Gasteiger partial charge is 0.316 e. The molecule has 0 atom stereocenters. The van der Waals surface area contributed by atoms with Gasteiger partial charge in [0.1, 0.15) is 0 Å². The minimum Gasteiger partial charge on any atom is -0.316 e. The fourth-order valence-electron chi connectivity index (χ4n) is 2.58. The minimum absolute atomic E-state index is 1.02. The Labute approximate surface area is 118 Å². The summed E-state index contributed by atoms with van der Waals surface area (Å²) in [7, 11) is 0. The second kappa shape index (κ2) is 4.86. The summed E-state index contributed by atoms with van der Waals surface area (Å²) in [5.41, 5.74) is 3.66. The van der Waals surface area contributed by atoms with E-state index in [0.717, 1.165) is 16.1 Å². The number of para-hydroxylation sites is 1. The Morgan fingerprint density at radius 1 is 1.10 bits per heavy atom. The van der Waals surface area contributed by atoms with Crippen LogP contribution in [0.15, 0.2) is 61.3 Å². The molecule has 0 radical (unpaired) electrons. The topological polar surface area (TPSA) is 4.93 Å². The molecular formula is C19H17N. The normalized spacial score (nSPS) is 11.9. The molecule has 20 heavy (non-hydrogen) atoms. The van der Waals surface area contributed by atoms with Crippen molar-refractivity contribution in [3.8, 4) is 5.69 Å². The zero-order valence-corrected chi connectivity index (χ0v) is 11.6. The zero-order valence-electron chi connectivity index (χ0n) is 11.6. The van der Waals surface area contributed by atoms with E-state index in [1.165, 1.54) is 16.5 Å². The average molecular weight is 259 g/mol. The molecule has 0 N–H and O–H groups in total. The molecule has 0 saturated carbocycles. The summed E-state index contributed by atoms with van der Waals surface area (Å²) < 4.78 is 2.23. The van der Waals surface area contributed by atoms with Crippen LogP contribution in [0, 0.1) is 6.92 Å². The van der Waals surface area contributed by atoms with E-state index in [2.05, 4.69) is 73.3 Å². The first-order valence-corrected chi connectivity index (χ1v) is 6.69. The number of hydrogen-bond acceptors (Lipinski definition) is 0. The van der Waals surface area contributed by atoms with Crippen molar-refractivity contribution in [2.24, 2.45) is 0 Å². The molecule has 0 aliphatic rings. The van der Waals surface area contributed by atoms with E-state index in [0.29, 0.717) is 0 Å². The summed E-state index contributed by atoms with van der Waals surface area (Å²) >= 11 is 0. The molecule has 3 aromatic rings. The third kappa shape index (κ3) is 1.97. The molecule has 0 spiro atoms. The second-order valence-corrected chi connectivity index (χ2v) is 4.98. The van der Waals surface area contributed by atoms with Crippen LogP contribution in [-0.4, -0.2) is 4.57 Å². The van der Waals surface area contributed by atoms with Gasteiger partial charge in [0.15, 0.2) is 0 Å². The van der Waals surface area contributed by atoms with Gasteiger partial charge in [0.2, 0.25) is 0 Å². The molecule has 2 aromatic carbocycles. The van der Waals surface area contributed by atoms with Gasteiger partial charge in [-0.1, -0.05) is 49.6 Å². The highest BCUT2D eigenvalue weighted by atomic mass is 15.0. The zero-order chi connectivity index (χ0) is 14.1. The summed E-state index contributed by atoms with van der Waals surface area (Å²) in [6, 6.07) is 14.8. The van der Waals surface area contributed by atoms with Gasteiger partial charge < -0.3 is 4.57 Å². The number of allylic oxidation sites excluding steroid dienone is 1. The van der Waals surface area contributed by atoms with Crippen LogP contribution in [0.25, 0.3) is 29.2 Å². The molecular weight excluding hydrogens is 242 g/mol. The first-order chi connectivity index (χ1) is 9.70. The predicted molar refractivity (Wildman–Crippen MR) is 87.4 cm³/mol. The van der Waals surface area contributed by atoms with E-state index in [-0.39, 0.29) is 0 Å². The molecule has 0 amide bonds. The quantitative estimate of drug-likeness (QED) is 0.665. The van der Waals surface area contributed by atoms with Gasteiger partial charge in [-0.25, -0.2) is 0 Å². The maximum absolute atomic E-state index is 4.05. The van der Waals surface area contributed by atoms with Crippen molar-refractivity contribution in [2.45, 2.75) is 6.92 Å². The second-order valence-electron chi connectivity index (χ2n) is 4.98. The van der Waals surface area contributed by atoms with E-state index < -0.39 is 0 Å². The summed E-state index contributed by atoms with van der Waals surface area (Å²) in [5.74, 6) is 0. The van der Waals surface area contributed by atoms with Gasteiger partial charge in [0, 0.05) is 17.3 Å². The van der Waals surface area contributed by atoms with Crippen molar-refractivity contribution in [3.63, 3.8) is 0 Å². The number of hydrogen-bond donors (Lipinski definition) is 0. The van der Waals surface area contributed by atoms with Gasteiger partial charge in [-0.05, 0) is 41.1 Å². The van der Waals surface area contributed by atoms with E-state index in [9.17, 15) is 0 Å². The molecule has 98 valence electrons. The maximum Gasteiger partial charge on any atom is 0.0531 e. The maximum atomic E-state index is 4.05. The minimum atomic E-state index is 1.02. The van der Waals surface area contributed by atoms with Crippen LogP contribution in [0.1, 0.15) is 5.56 Å². The van der Waals surface area contributed by atoms with Crippen LogP contribution >= 0.6 is 0 Å². The van der Waals surface area contributed by atoms with Crippen molar-refractivity contribution in [1.82, 2.24) is 4.57 Å². The van der Waals surface area contributed by atoms with Gasteiger partial charge in [0.25, 0.3) is 0 Å². The van der Waals surface area contributed by atoms with Crippen LogP contribution in [0.2, 0.25) is 0 Å². The standard InChI is InChI=1S/C19H17N/c1-4-7-16-12-17(11-10-14(16)2)20-13-15(3)18-8-5-6-9-19(18)20/h4-13H,1-2H2,3H3/b16-7-. The van der Waals surface area contributed by atoms with Gasteiger partial charge in [-0.3, -0.25) is 0 Å². The van der Waals surface area contributed by atoms with E-state index in [1.807, 2.05) is 6.08 Å². The lowest BCUT2D eigenvalue weighted by Gasteiger charge is -2.05. The fourth-order valence-corrected chi connectivity index (χ4v) is 2.58. The number of rotatable bonds is 2. The Bertz CT molecular complexity index is 897. The predicted octanol–water partition coefficient (Wildman–Crippen LogP) is 3.32. The molecule has 1 heteroatoms. The van der Waals surface area contributed by atoms with Crippen LogP contribution in [-0.2, 0) is 0 Å². The lowest BCUT2D eigenvalue weighted by molar-refractivity contribution is 1.11. The number of aromatic nitrogens is 1. The van der Waals surface area contributed by atoms with Gasteiger partial charge >= 0.3 is 0 Å². The smallest absolute Gasteiger partial charge is 0.0531 e. The number of nitrogens with zero attached hydrogens (tertiary/aromatic N) is 1. The van der Waals surface area contributed by atoms with Crippen molar-refractivity contribution in [2.75, 3.05) is 0 Å². The number of aryl methyl sites for hydroxylation is 1. The molecule has 0 saturated heterocycles. The van der Waals surface area contributed by atoms with Gasteiger partial charge in [-0.15, -0.1) is 0 Å². The Morgan fingerprint density at radius 3 is 2.70 bits per heavy atom. The van der Waals surface area contributed by atoms with Crippen molar-refractivity contribution in [3.05, 3.63) is 77.3 Å². The molecule has 0 fully saturated rings. The summed E-state index contributed by atoms with van der Waals surface area (Å²) in [5, 5.41) is 3.41. The summed E-state index contributed by atoms with van der Waals surface area (Å²) in [6.45, 7) is 9.96. The molecule has 1 nitrogen and oxygen atoms in total. The molecule has 1 heterocycles. The first kappa shape index (κ1) is 12.5. The Kier molecular flexibility index (Phi) is 3.03. The summed E-state index contributed by atoms with van der Waals surface area (Å²) in [6.07, 6.45) is 5.97. The SMILES string of the molecule is C=C/C=c1/cc(-n2cc(C)c3ccccc32)ccc1=C. The van der Waals surface area contributed by atoms with E-state index in [1.54, 1.807) is 6.08 Å². The van der Waals surface area contributed by atoms with Crippen LogP contribution in [0.5, 0.6) is 0 Å². The third-order valence-corrected chi connectivity index (χ3v) is 3.62. The Morgan fingerprint density at radius 2 is 1.90 bits per heavy atom. The van der Waals surface area contributed by atoms with Crippen molar-refractivity contribution < 1.29 is 0 Å². The molecule has 0 aliphatic heterocycles. The molecule has 1 aromatic heterocycles. The molecule has 0 bridgehead atoms. The third-order valence-electron chi connectivity index (χ3n) is 3.62. The molecule has 3 rings (SSSR count). The summed E-state index contributed by atoms with van der Waals surface area (Å²) in [4.78, 5) is 0.